The minimum atomic E-state index is -4.33. The molecule has 0 fully saturated rings. The standard InChI is InChI=1S/C30H36N4O7S/c1-4-6-19-31-30(36)28(5-2)32(21-23-15-17-26(41-3)18-16-23)29(35)22-33(24-11-10-12-25(20-24)34(37)38)42(39,40)27-13-8-7-9-14-27/h7-18,20,28H,4-6,19,21-22H2,1-3H3,(H,31,36). The Morgan fingerprint density at radius 3 is 2.29 bits per heavy atom. The van der Waals surface area contributed by atoms with Crippen molar-refractivity contribution in [3.05, 3.63) is 94.5 Å². The first-order valence-corrected chi connectivity index (χ1v) is 15.1. The Kier molecular flexibility index (Phi) is 11.4. The second kappa shape index (κ2) is 15.0. The molecule has 1 N–H and O–H groups in total. The third-order valence-corrected chi connectivity index (χ3v) is 8.45. The molecule has 0 aromatic heterocycles. The summed E-state index contributed by atoms with van der Waals surface area (Å²) in [6.07, 6.45) is 1.92. The number of unbranched alkanes of at least 4 members (excludes halogenated alkanes) is 1. The minimum absolute atomic E-state index is 0.0245. The Bertz CT molecular complexity index is 1460. The van der Waals surface area contributed by atoms with E-state index in [1.165, 1.54) is 42.3 Å². The third kappa shape index (κ3) is 8.06. The Hall–Kier alpha value is -4.45. The molecule has 0 bridgehead atoms. The number of sulfonamides is 1. The summed E-state index contributed by atoms with van der Waals surface area (Å²) >= 11 is 0. The van der Waals surface area contributed by atoms with Gasteiger partial charge in [-0.1, -0.05) is 56.7 Å². The molecule has 224 valence electrons. The summed E-state index contributed by atoms with van der Waals surface area (Å²) in [4.78, 5) is 39.4. The lowest BCUT2D eigenvalue weighted by molar-refractivity contribution is -0.384. The van der Waals surface area contributed by atoms with E-state index in [0.717, 1.165) is 23.2 Å². The van der Waals surface area contributed by atoms with Crippen LogP contribution < -0.4 is 14.4 Å². The van der Waals surface area contributed by atoms with Gasteiger partial charge < -0.3 is 15.0 Å². The number of nitrogens with one attached hydrogen (secondary N) is 1. The molecule has 0 aliphatic rings. The Morgan fingerprint density at radius 2 is 1.69 bits per heavy atom. The molecule has 11 nitrogen and oxygen atoms in total. The predicted molar refractivity (Wildman–Crippen MR) is 160 cm³/mol. The number of ether oxygens (including phenoxy) is 1. The smallest absolute Gasteiger partial charge is 0.271 e. The van der Waals surface area contributed by atoms with E-state index in [4.69, 9.17) is 4.74 Å². The van der Waals surface area contributed by atoms with Crippen LogP contribution in [-0.4, -0.2) is 56.3 Å². The van der Waals surface area contributed by atoms with Crippen LogP contribution in [0.15, 0.2) is 83.8 Å². The number of rotatable bonds is 15. The fourth-order valence-electron chi connectivity index (χ4n) is 4.36. The molecule has 3 aromatic rings. The van der Waals surface area contributed by atoms with E-state index in [2.05, 4.69) is 5.32 Å². The van der Waals surface area contributed by atoms with E-state index in [0.29, 0.717) is 17.9 Å². The predicted octanol–water partition coefficient (Wildman–Crippen LogP) is 4.52. The maximum atomic E-state index is 14.1. The van der Waals surface area contributed by atoms with Crippen LogP contribution in [0.2, 0.25) is 0 Å². The maximum Gasteiger partial charge on any atom is 0.271 e. The SMILES string of the molecule is CCCCNC(=O)C(CC)N(Cc1ccc(OC)cc1)C(=O)CN(c1cccc([N+](=O)[O-])c1)S(=O)(=O)c1ccccc1. The molecular formula is C30H36N4O7S. The summed E-state index contributed by atoms with van der Waals surface area (Å²) in [6, 6.07) is 18.7. The molecule has 0 aliphatic heterocycles. The monoisotopic (exact) mass is 596 g/mol. The number of anilines is 1. The van der Waals surface area contributed by atoms with E-state index in [-0.39, 0.29) is 35.1 Å². The number of carbonyl (C=O) groups is 2. The highest BCUT2D eigenvalue weighted by Crippen LogP contribution is 2.28. The van der Waals surface area contributed by atoms with Crippen molar-refractivity contribution in [3.63, 3.8) is 0 Å². The van der Waals surface area contributed by atoms with E-state index >= 15 is 0 Å². The number of hydrogen-bond acceptors (Lipinski definition) is 7. The fourth-order valence-corrected chi connectivity index (χ4v) is 5.79. The third-order valence-electron chi connectivity index (χ3n) is 6.67. The van der Waals surface area contributed by atoms with Crippen molar-refractivity contribution >= 4 is 33.2 Å². The number of carbonyl (C=O) groups excluding carboxylic acids is 2. The molecule has 0 spiro atoms. The highest BCUT2D eigenvalue weighted by atomic mass is 32.2. The first kappa shape index (κ1) is 32.1. The number of methoxy groups -OCH3 is 1. The number of hydrogen-bond donors (Lipinski definition) is 1. The number of nitro benzene ring substituents is 1. The molecule has 3 rings (SSSR count). The Labute approximate surface area is 246 Å². The lowest BCUT2D eigenvalue weighted by atomic mass is 10.1. The topological polar surface area (TPSA) is 139 Å². The van der Waals surface area contributed by atoms with Gasteiger partial charge in [0.15, 0.2) is 0 Å². The van der Waals surface area contributed by atoms with E-state index < -0.39 is 33.4 Å². The summed E-state index contributed by atoms with van der Waals surface area (Å²) < 4.78 is 33.8. The van der Waals surface area contributed by atoms with Crippen LogP contribution in [0, 0.1) is 10.1 Å². The van der Waals surface area contributed by atoms with Gasteiger partial charge in [0.05, 0.1) is 22.6 Å². The van der Waals surface area contributed by atoms with Crippen LogP contribution in [-0.2, 0) is 26.2 Å². The molecule has 2 amide bonds. The van der Waals surface area contributed by atoms with E-state index in [1.807, 2.05) is 6.92 Å². The molecule has 0 saturated carbocycles. The zero-order valence-corrected chi connectivity index (χ0v) is 24.7. The summed E-state index contributed by atoms with van der Waals surface area (Å²) in [5.41, 5.74) is 0.327. The minimum Gasteiger partial charge on any atom is -0.497 e. The highest BCUT2D eigenvalue weighted by molar-refractivity contribution is 7.92. The second-order valence-corrected chi connectivity index (χ2v) is 11.4. The molecule has 1 atom stereocenters. The molecule has 0 saturated heterocycles. The summed E-state index contributed by atoms with van der Waals surface area (Å²) in [7, 11) is -2.80. The van der Waals surface area contributed by atoms with Crippen molar-refractivity contribution < 1.29 is 27.7 Å². The van der Waals surface area contributed by atoms with Crippen molar-refractivity contribution in [3.8, 4) is 5.75 Å². The van der Waals surface area contributed by atoms with Gasteiger partial charge in [0.2, 0.25) is 11.8 Å². The quantitative estimate of drug-likeness (QED) is 0.155. The fraction of sp³-hybridized carbons (Fsp3) is 0.333. The van der Waals surface area contributed by atoms with Gasteiger partial charge in [0, 0.05) is 25.2 Å². The lowest BCUT2D eigenvalue weighted by Gasteiger charge is -2.33. The number of nitrogens with zero attached hydrogens (tertiary/aromatic N) is 3. The molecule has 0 heterocycles. The zero-order valence-electron chi connectivity index (χ0n) is 23.9. The Balaban J connectivity index is 2.06. The summed E-state index contributed by atoms with van der Waals surface area (Å²) in [5, 5.41) is 14.4. The van der Waals surface area contributed by atoms with Gasteiger partial charge in [-0.2, -0.15) is 0 Å². The molecule has 42 heavy (non-hydrogen) atoms. The average Bonchev–Trinajstić information content (AvgIpc) is 3.00. The van der Waals surface area contributed by atoms with Crippen LogP contribution in [0.5, 0.6) is 5.75 Å². The van der Waals surface area contributed by atoms with Crippen LogP contribution in [0.4, 0.5) is 11.4 Å². The normalized spacial score (nSPS) is 11.8. The van der Waals surface area contributed by atoms with Crippen molar-refractivity contribution in [2.45, 2.75) is 50.6 Å². The van der Waals surface area contributed by atoms with Crippen molar-refractivity contribution in [2.75, 3.05) is 24.5 Å². The van der Waals surface area contributed by atoms with Gasteiger partial charge in [-0.3, -0.25) is 24.0 Å². The van der Waals surface area contributed by atoms with Gasteiger partial charge in [0.25, 0.3) is 15.7 Å². The van der Waals surface area contributed by atoms with Crippen LogP contribution in [0.3, 0.4) is 0 Å². The van der Waals surface area contributed by atoms with Gasteiger partial charge in [0.1, 0.15) is 18.3 Å². The molecule has 1 unspecified atom stereocenters. The van der Waals surface area contributed by atoms with Crippen LogP contribution >= 0.6 is 0 Å². The number of benzene rings is 3. The number of amides is 2. The molecule has 3 aromatic carbocycles. The summed E-state index contributed by atoms with van der Waals surface area (Å²) in [5.74, 6) is -0.373. The highest BCUT2D eigenvalue weighted by Gasteiger charge is 2.34. The number of nitro groups is 1. The molecule has 12 heteroatoms. The molecule has 0 aliphatic carbocycles. The van der Waals surface area contributed by atoms with Crippen molar-refractivity contribution in [2.24, 2.45) is 0 Å². The maximum absolute atomic E-state index is 14.1. The molecular weight excluding hydrogens is 560 g/mol. The Morgan fingerprint density at radius 1 is 1.00 bits per heavy atom. The first-order valence-electron chi connectivity index (χ1n) is 13.6. The van der Waals surface area contributed by atoms with Gasteiger partial charge in [-0.25, -0.2) is 8.42 Å². The van der Waals surface area contributed by atoms with Crippen LogP contribution in [0.25, 0.3) is 0 Å². The van der Waals surface area contributed by atoms with E-state index in [1.54, 1.807) is 49.4 Å². The molecule has 0 radical (unpaired) electrons. The van der Waals surface area contributed by atoms with Crippen molar-refractivity contribution in [1.29, 1.82) is 0 Å². The summed E-state index contributed by atoms with van der Waals surface area (Å²) in [6.45, 7) is 3.55. The van der Waals surface area contributed by atoms with Gasteiger partial charge in [-0.15, -0.1) is 0 Å². The van der Waals surface area contributed by atoms with Crippen molar-refractivity contribution in [1.82, 2.24) is 10.2 Å². The van der Waals surface area contributed by atoms with Crippen LogP contribution in [0.1, 0.15) is 38.7 Å². The first-order chi connectivity index (χ1) is 20.1. The van der Waals surface area contributed by atoms with Gasteiger partial charge >= 0.3 is 0 Å². The number of non-ortho nitro benzene ring substituents is 1. The average molecular weight is 597 g/mol. The van der Waals surface area contributed by atoms with Gasteiger partial charge in [-0.05, 0) is 48.7 Å². The van der Waals surface area contributed by atoms with E-state index in [9.17, 15) is 28.1 Å². The largest absolute Gasteiger partial charge is 0.497 e. The second-order valence-electron chi connectivity index (χ2n) is 9.54. The lowest BCUT2D eigenvalue weighted by Crippen LogP contribution is -2.52. The zero-order chi connectivity index (χ0) is 30.7.